The van der Waals surface area contributed by atoms with E-state index in [1.807, 2.05) is 32.0 Å². The van der Waals surface area contributed by atoms with E-state index in [0.717, 1.165) is 23.2 Å². The summed E-state index contributed by atoms with van der Waals surface area (Å²) in [6.07, 6.45) is 1.48. The van der Waals surface area contributed by atoms with Crippen LogP contribution in [0.2, 0.25) is 5.02 Å². The second-order valence-corrected chi connectivity index (χ2v) is 8.95. The van der Waals surface area contributed by atoms with Crippen LogP contribution in [0.15, 0.2) is 36.4 Å². The summed E-state index contributed by atoms with van der Waals surface area (Å²) in [4.78, 5) is 12.6. The minimum atomic E-state index is -3.31. The van der Waals surface area contributed by atoms with Crippen LogP contribution in [0, 0.1) is 13.8 Å². The van der Waals surface area contributed by atoms with Gasteiger partial charge in [0.15, 0.2) is 0 Å². The first-order valence-electron chi connectivity index (χ1n) is 8.46. The van der Waals surface area contributed by atoms with E-state index < -0.39 is 10.0 Å². The Morgan fingerprint density at radius 3 is 2.54 bits per heavy atom. The number of carbonyl (C=O) groups excluding carboxylic acids is 1. The largest absolute Gasteiger partial charge is 0.322 e. The lowest BCUT2D eigenvalue weighted by atomic mass is 10.1. The maximum Gasteiger partial charge on any atom is 0.257 e. The van der Waals surface area contributed by atoms with Crippen molar-refractivity contribution >= 4 is 38.9 Å². The number of hydrogen-bond acceptors (Lipinski definition) is 3. The molecule has 1 fully saturated rings. The van der Waals surface area contributed by atoms with Gasteiger partial charge in [0, 0.05) is 12.2 Å². The predicted octanol–water partition coefficient (Wildman–Crippen LogP) is 4.14. The van der Waals surface area contributed by atoms with Gasteiger partial charge in [0.2, 0.25) is 10.0 Å². The lowest BCUT2D eigenvalue weighted by Crippen LogP contribution is -2.37. The second-order valence-electron chi connectivity index (χ2n) is 6.53. The summed E-state index contributed by atoms with van der Waals surface area (Å²) in [5.74, 6) is -0.186. The van der Waals surface area contributed by atoms with Crippen LogP contribution in [0.3, 0.4) is 0 Å². The number of anilines is 2. The molecule has 1 aliphatic heterocycles. The Bertz CT molecular complexity index is 957. The Kier molecular flexibility index (Phi) is 5.25. The molecule has 0 saturated carbocycles. The van der Waals surface area contributed by atoms with Crippen molar-refractivity contribution in [3.63, 3.8) is 0 Å². The number of sulfonamides is 1. The van der Waals surface area contributed by atoms with Crippen LogP contribution in [0.25, 0.3) is 0 Å². The Hall–Kier alpha value is -2.05. The molecule has 0 spiro atoms. The fourth-order valence-electron chi connectivity index (χ4n) is 3.07. The summed E-state index contributed by atoms with van der Waals surface area (Å²) >= 11 is 6.29. The van der Waals surface area contributed by atoms with E-state index in [0.29, 0.717) is 24.2 Å². The van der Waals surface area contributed by atoms with Gasteiger partial charge in [-0.2, -0.15) is 0 Å². The van der Waals surface area contributed by atoms with Crippen molar-refractivity contribution in [2.75, 3.05) is 21.9 Å². The Morgan fingerprint density at radius 2 is 1.88 bits per heavy atom. The van der Waals surface area contributed by atoms with Crippen molar-refractivity contribution in [3.05, 3.63) is 58.1 Å². The van der Waals surface area contributed by atoms with E-state index in [1.54, 1.807) is 18.2 Å². The van der Waals surface area contributed by atoms with Crippen LogP contribution in [0.1, 0.15) is 34.3 Å². The summed E-state index contributed by atoms with van der Waals surface area (Å²) in [6, 6.07) is 10.5. The van der Waals surface area contributed by atoms with Crippen LogP contribution in [0.5, 0.6) is 0 Å². The van der Waals surface area contributed by atoms with Gasteiger partial charge in [-0.05, 0) is 56.5 Å². The fourth-order valence-corrected chi connectivity index (χ4v) is 4.96. The first-order valence-corrected chi connectivity index (χ1v) is 10.5. The van der Waals surface area contributed by atoms with Gasteiger partial charge in [0.25, 0.3) is 5.91 Å². The highest BCUT2D eigenvalue weighted by Crippen LogP contribution is 2.29. The summed E-state index contributed by atoms with van der Waals surface area (Å²) in [6.45, 7) is 4.35. The van der Waals surface area contributed by atoms with Crippen molar-refractivity contribution in [2.24, 2.45) is 0 Å². The minimum Gasteiger partial charge on any atom is -0.322 e. The zero-order valence-corrected chi connectivity index (χ0v) is 16.3. The number of aryl methyl sites for hydroxylation is 2. The number of nitrogens with zero attached hydrogens (tertiary/aromatic N) is 1. The Balaban J connectivity index is 1.84. The molecule has 138 valence electrons. The first kappa shape index (κ1) is 18.7. The molecule has 0 bridgehead atoms. The minimum absolute atomic E-state index is 0.138. The van der Waals surface area contributed by atoms with E-state index in [-0.39, 0.29) is 16.7 Å². The van der Waals surface area contributed by atoms with Gasteiger partial charge in [-0.15, -0.1) is 0 Å². The molecule has 2 aromatic carbocycles. The number of hydrogen-bond donors (Lipinski definition) is 1. The van der Waals surface area contributed by atoms with Crippen molar-refractivity contribution in [1.29, 1.82) is 0 Å². The van der Waals surface area contributed by atoms with Crippen LogP contribution in [0.4, 0.5) is 11.4 Å². The number of amides is 1. The van der Waals surface area contributed by atoms with E-state index in [9.17, 15) is 13.2 Å². The lowest BCUT2D eigenvalue weighted by Gasteiger charge is -2.28. The second kappa shape index (κ2) is 7.29. The van der Waals surface area contributed by atoms with Crippen LogP contribution < -0.4 is 9.62 Å². The maximum absolute atomic E-state index is 12.6. The topological polar surface area (TPSA) is 66.5 Å². The third-order valence-electron chi connectivity index (χ3n) is 4.46. The van der Waals surface area contributed by atoms with Crippen molar-refractivity contribution in [1.82, 2.24) is 0 Å². The molecule has 1 amide bonds. The molecule has 7 heteroatoms. The van der Waals surface area contributed by atoms with E-state index >= 15 is 0 Å². The van der Waals surface area contributed by atoms with Gasteiger partial charge >= 0.3 is 0 Å². The summed E-state index contributed by atoms with van der Waals surface area (Å²) in [5.41, 5.74) is 3.61. The number of halogens is 1. The molecule has 1 saturated heterocycles. The van der Waals surface area contributed by atoms with Crippen LogP contribution >= 0.6 is 11.6 Å². The molecule has 0 unspecified atom stereocenters. The van der Waals surface area contributed by atoms with Crippen LogP contribution in [-0.2, 0) is 10.0 Å². The predicted molar refractivity (Wildman–Crippen MR) is 106 cm³/mol. The lowest BCUT2D eigenvalue weighted by molar-refractivity contribution is 0.102. The molecule has 1 heterocycles. The zero-order valence-electron chi connectivity index (χ0n) is 14.8. The molecule has 3 rings (SSSR count). The number of nitrogens with one attached hydrogen (secondary N) is 1. The standard InChI is InChI=1S/C19H21ClN2O3S/c1-13-5-8-18(14(2)11-13)21-19(23)16-7-6-15(12-17(16)20)22-9-3-4-10-26(22,24)25/h5-8,11-12H,3-4,9-10H2,1-2H3,(H,21,23). The molecule has 1 aliphatic rings. The average molecular weight is 393 g/mol. The molecule has 0 radical (unpaired) electrons. The highest BCUT2D eigenvalue weighted by atomic mass is 35.5. The summed E-state index contributed by atoms with van der Waals surface area (Å²) in [5, 5.41) is 3.08. The van der Waals surface area contributed by atoms with Gasteiger partial charge in [-0.3, -0.25) is 9.10 Å². The highest BCUT2D eigenvalue weighted by molar-refractivity contribution is 7.92. The van der Waals surface area contributed by atoms with E-state index in [4.69, 9.17) is 11.6 Å². The van der Waals surface area contributed by atoms with Gasteiger partial charge in [0.05, 0.1) is 22.0 Å². The Morgan fingerprint density at radius 1 is 1.12 bits per heavy atom. The quantitative estimate of drug-likeness (QED) is 0.853. The monoisotopic (exact) mass is 392 g/mol. The van der Waals surface area contributed by atoms with Crippen molar-refractivity contribution in [3.8, 4) is 0 Å². The summed E-state index contributed by atoms with van der Waals surface area (Å²) in [7, 11) is -3.31. The molecule has 5 nitrogen and oxygen atoms in total. The van der Waals surface area contributed by atoms with Crippen molar-refractivity contribution in [2.45, 2.75) is 26.7 Å². The molecule has 0 aliphatic carbocycles. The molecule has 0 aromatic heterocycles. The first-order chi connectivity index (χ1) is 12.3. The molecular weight excluding hydrogens is 372 g/mol. The third kappa shape index (κ3) is 3.86. The third-order valence-corrected chi connectivity index (χ3v) is 6.65. The number of benzene rings is 2. The zero-order chi connectivity index (χ0) is 18.9. The van der Waals surface area contributed by atoms with Gasteiger partial charge < -0.3 is 5.32 Å². The average Bonchev–Trinajstić information content (AvgIpc) is 2.56. The van der Waals surface area contributed by atoms with E-state index in [1.165, 1.54) is 4.31 Å². The molecular formula is C19H21ClN2O3S. The normalized spacial score (nSPS) is 16.3. The maximum atomic E-state index is 12.6. The molecule has 2 aromatic rings. The Labute approximate surface area is 159 Å². The van der Waals surface area contributed by atoms with Crippen molar-refractivity contribution < 1.29 is 13.2 Å². The highest BCUT2D eigenvalue weighted by Gasteiger charge is 2.26. The van der Waals surface area contributed by atoms with Gasteiger partial charge in [0.1, 0.15) is 0 Å². The van der Waals surface area contributed by atoms with Gasteiger partial charge in [-0.1, -0.05) is 29.3 Å². The van der Waals surface area contributed by atoms with Gasteiger partial charge in [-0.25, -0.2) is 8.42 Å². The molecule has 1 N–H and O–H groups in total. The molecule has 0 atom stereocenters. The fraction of sp³-hybridized carbons (Fsp3) is 0.316. The van der Waals surface area contributed by atoms with E-state index in [2.05, 4.69) is 5.32 Å². The SMILES string of the molecule is Cc1ccc(NC(=O)c2ccc(N3CCCCS3(=O)=O)cc2Cl)c(C)c1. The molecule has 26 heavy (non-hydrogen) atoms. The summed E-state index contributed by atoms with van der Waals surface area (Å²) < 4.78 is 25.8. The van der Waals surface area contributed by atoms with Crippen LogP contribution in [-0.4, -0.2) is 26.6 Å². The smallest absolute Gasteiger partial charge is 0.257 e. The number of carbonyl (C=O) groups is 1. The number of rotatable bonds is 3.